The summed E-state index contributed by atoms with van der Waals surface area (Å²) >= 11 is 6.02. The first-order chi connectivity index (χ1) is 13.4. The molecule has 1 amide bonds. The highest BCUT2D eigenvalue weighted by Gasteiger charge is 2.15. The third-order valence-corrected chi connectivity index (χ3v) is 5.18. The maximum atomic E-state index is 12.7. The molecule has 0 saturated heterocycles. The molecule has 3 aromatic rings. The number of fused-ring (bicyclic) bond motifs is 1. The van der Waals surface area contributed by atoms with Crippen molar-refractivity contribution >= 4 is 40.2 Å². The minimum Gasteiger partial charge on any atom is -0.344 e. The van der Waals surface area contributed by atoms with Crippen LogP contribution < -0.4 is 5.32 Å². The summed E-state index contributed by atoms with van der Waals surface area (Å²) in [5.41, 5.74) is 3.47. The third kappa shape index (κ3) is 3.95. The van der Waals surface area contributed by atoms with E-state index in [9.17, 15) is 10.1 Å². The van der Waals surface area contributed by atoms with Crippen molar-refractivity contribution in [3.63, 3.8) is 0 Å². The number of para-hydroxylation sites is 1. The van der Waals surface area contributed by atoms with Gasteiger partial charge in [0.25, 0.3) is 5.91 Å². The number of carbonyl (C=O) groups excluding carboxylic acids is 1. The van der Waals surface area contributed by atoms with Crippen LogP contribution in [0.15, 0.2) is 54.2 Å². The van der Waals surface area contributed by atoms with E-state index >= 15 is 0 Å². The fourth-order valence-corrected chi connectivity index (χ4v) is 3.30. The van der Waals surface area contributed by atoms with E-state index in [2.05, 4.69) is 29.8 Å². The molecule has 0 radical (unpaired) electrons. The molecule has 1 atom stereocenters. The zero-order valence-corrected chi connectivity index (χ0v) is 16.9. The van der Waals surface area contributed by atoms with E-state index in [1.54, 1.807) is 18.2 Å². The van der Waals surface area contributed by atoms with Crippen molar-refractivity contribution in [1.29, 1.82) is 5.26 Å². The van der Waals surface area contributed by atoms with E-state index in [0.717, 1.165) is 28.5 Å². The lowest BCUT2D eigenvalue weighted by Crippen LogP contribution is -2.14. The molecule has 1 aromatic heterocycles. The average molecular weight is 392 g/mol. The summed E-state index contributed by atoms with van der Waals surface area (Å²) in [4.78, 5) is 12.7. The molecule has 5 heteroatoms. The number of nitriles is 1. The Kier molecular flexibility index (Phi) is 5.87. The van der Waals surface area contributed by atoms with Crippen molar-refractivity contribution in [2.75, 3.05) is 5.32 Å². The van der Waals surface area contributed by atoms with Crippen molar-refractivity contribution in [3.8, 4) is 6.07 Å². The number of nitrogens with one attached hydrogen (secondary N) is 1. The van der Waals surface area contributed by atoms with E-state index in [1.165, 1.54) is 0 Å². The molecule has 3 rings (SSSR count). The molecule has 0 unspecified atom stereocenters. The first-order valence-corrected chi connectivity index (χ1v) is 9.61. The van der Waals surface area contributed by atoms with Crippen LogP contribution in [0, 0.1) is 18.3 Å². The predicted octanol–water partition coefficient (Wildman–Crippen LogP) is 6.12. The predicted molar refractivity (Wildman–Crippen MR) is 115 cm³/mol. The van der Waals surface area contributed by atoms with Gasteiger partial charge in [-0.05, 0) is 50.1 Å². The van der Waals surface area contributed by atoms with Gasteiger partial charge in [-0.15, -0.1) is 0 Å². The number of nitrogens with zero attached hydrogens (tertiary/aromatic N) is 2. The second kappa shape index (κ2) is 8.33. The summed E-state index contributed by atoms with van der Waals surface area (Å²) in [6, 6.07) is 15.6. The number of halogens is 1. The Hall–Kier alpha value is -3.03. The smallest absolute Gasteiger partial charge is 0.266 e. The number of aryl methyl sites for hydroxylation is 1. The summed E-state index contributed by atoms with van der Waals surface area (Å²) in [5, 5.41) is 13.9. The molecule has 4 nitrogen and oxygen atoms in total. The Morgan fingerprint density at radius 2 is 2.07 bits per heavy atom. The number of amides is 1. The van der Waals surface area contributed by atoms with Crippen LogP contribution in [0.3, 0.4) is 0 Å². The number of benzene rings is 2. The van der Waals surface area contributed by atoms with Gasteiger partial charge in [0, 0.05) is 39.4 Å². The lowest BCUT2D eigenvalue weighted by Gasteiger charge is -2.12. The number of carbonyl (C=O) groups is 1. The molecule has 142 valence electrons. The number of rotatable bonds is 5. The van der Waals surface area contributed by atoms with E-state index in [4.69, 9.17) is 11.6 Å². The zero-order chi connectivity index (χ0) is 20.3. The van der Waals surface area contributed by atoms with Crippen LogP contribution in [0.4, 0.5) is 5.69 Å². The van der Waals surface area contributed by atoms with Crippen LogP contribution >= 0.6 is 11.6 Å². The first kappa shape index (κ1) is 19.7. The van der Waals surface area contributed by atoms with Gasteiger partial charge < -0.3 is 9.88 Å². The van der Waals surface area contributed by atoms with Crippen LogP contribution in [-0.4, -0.2) is 10.5 Å². The minimum absolute atomic E-state index is 0.0476. The van der Waals surface area contributed by atoms with Gasteiger partial charge in [0.05, 0.1) is 0 Å². The van der Waals surface area contributed by atoms with Gasteiger partial charge in [0.2, 0.25) is 0 Å². The van der Waals surface area contributed by atoms with Gasteiger partial charge in [0.15, 0.2) is 0 Å². The van der Waals surface area contributed by atoms with E-state index in [-0.39, 0.29) is 5.57 Å². The van der Waals surface area contributed by atoms with Crippen molar-refractivity contribution in [2.24, 2.45) is 0 Å². The van der Waals surface area contributed by atoms with Crippen LogP contribution in [0.2, 0.25) is 5.02 Å². The maximum absolute atomic E-state index is 12.7. The first-order valence-electron chi connectivity index (χ1n) is 9.23. The Bertz CT molecular complexity index is 1100. The topological polar surface area (TPSA) is 57.8 Å². The molecule has 0 bridgehead atoms. The molecular weight excluding hydrogens is 370 g/mol. The van der Waals surface area contributed by atoms with Crippen molar-refractivity contribution in [2.45, 2.75) is 33.2 Å². The molecule has 28 heavy (non-hydrogen) atoms. The molecule has 0 aliphatic heterocycles. The van der Waals surface area contributed by atoms with Gasteiger partial charge in [-0.3, -0.25) is 4.79 Å². The summed E-state index contributed by atoms with van der Waals surface area (Å²) in [5.74, 6) is -0.451. The lowest BCUT2D eigenvalue weighted by atomic mass is 10.1. The highest BCUT2D eigenvalue weighted by molar-refractivity contribution is 6.31. The lowest BCUT2D eigenvalue weighted by molar-refractivity contribution is -0.112. The van der Waals surface area contributed by atoms with E-state index < -0.39 is 5.91 Å². The van der Waals surface area contributed by atoms with Gasteiger partial charge in [-0.2, -0.15) is 5.26 Å². The quantitative estimate of drug-likeness (QED) is 0.420. The summed E-state index contributed by atoms with van der Waals surface area (Å²) in [6.45, 7) is 6.16. The SMILES string of the molecule is CC[C@H](C)n1cc(/C=C(/C#N)C(=O)Nc2cc(Cl)ccc2C)c2ccccc21. The average Bonchev–Trinajstić information content (AvgIpc) is 3.06. The largest absolute Gasteiger partial charge is 0.344 e. The molecule has 0 saturated carbocycles. The second-order valence-corrected chi connectivity index (χ2v) is 7.29. The highest BCUT2D eigenvalue weighted by Crippen LogP contribution is 2.28. The minimum atomic E-state index is -0.451. The van der Waals surface area contributed by atoms with Gasteiger partial charge in [-0.25, -0.2) is 0 Å². The maximum Gasteiger partial charge on any atom is 0.266 e. The van der Waals surface area contributed by atoms with E-state index in [0.29, 0.717) is 16.8 Å². The molecule has 1 heterocycles. The van der Waals surface area contributed by atoms with Crippen molar-refractivity contribution in [3.05, 3.63) is 70.4 Å². The van der Waals surface area contributed by atoms with Gasteiger partial charge in [0.1, 0.15) is 11.6 Å². The number of anilines is 1. The third-order valence-electron chi connectivity index (χ3n) is 4.95. The highest BCUT2D eigenvalue weighted by atomic mass is 35.5. The van der Waals surface area contributed by atoms with Crippen LogP contribution in [-0.2, 0) is 4.79 Å². The van der Waals surface area contributed by atoms with Gasteiger partial charge >= 0.3 is 0 Å². The molecular formula is C23H22ClN3O. The van der Waals surface area contributed by atoms with Gasteiger partial charge in [-0.1, -0.05) is 42.8 Å². The monoisotopic (exact) mass is 391 g/mol. The summed E-state index contributed by atoms with van der Waals surface area (Å²) < 4.78 is 2.19. The standard InChI is InChI=1S/C23H22ClN3O/c1-4-16(3)27-14-18(20-7-5-6-8-22(20)27)11-17(13-25)23(28)26-21-12-19(24)10-9-15(21)2/h5-12,14,16H,4H2,1-3H3,(H,26,28)/b17-11-/t16-/m0/s1. The molecule has 0 fully saturated rings. The number of aromatic nitrogens is 1. The Balaban J connectivity index is 2.00. The van der Waals surface area contributed by atoms with Crippen LogP contribution in [0.5, 0.6) is 0 Å². The number of hydrogen-bond acceptors (Lipinski definition) is 2. The molecule has 0 spiro atoms. The molecule has 0 aliphatic rings. The summed E-state index contributed by atoms with van der Waals surface area (Å²) in [6.07, 6.45) is 4.64. The van der Waals surface area contributed by atoms with Crippen molar-refractivity contribution in [1.82, 2.24) is 4.57 Å². The molecule has 2 aromatic carbocycles. The molecule has 0 aliphatic carbocycles. The Labute approximate surface area is 170 Å². The van der Waals surface area contributed by atoms with E-state index in [1.807, 2.05) is 43.5 Å². The molecule has 1 N–H and O–H groups in total. The number of hydrogen-bond donors (Lipinski definition) is 1. The summed E-state index contributed by atoms with van der Waals surface area (Å²) in [7, 11) is 0. The zero-order valence-electron chi connectivity index (χ0n) is 16.2. The van der Waals surface area contributed by atoms with Crippen LogP contribution in [0.1, 0.15) is 37.4 Å². The van der Waals surface area contributed by atoms with Crippen LogP contribution in [0.25, 0.3) is 17.0 Å². The normalized spacial score (nSPS) is 12.6. The van der Waals surface area contributed by atoms with Crippen molar-refractivity contribution < 1.29 is 4.79 Å². The Morgan fingerprint density at radius 1 is 1.32 bits per heavy atom. The fourth-order valence-electron chi connectivity index (χ4n) is 3.13. The fraction of sp³-hybridized carbons (Fsp3) is 0.217. The Morgan fingerprint density at radius 3 is 2.79 bits per heavy atom. The second-order valence-electron chi connectivity index (χ2n) is 6.85.